The second-order valence-corrected chi connectivity index (χ2v) is 2.02. The SMILES string of the molecule is COC(=O)/C(C)=C/NC(C)=O. The molecule has 0 spiro atoms. The Hall–Kier alpha value is -1.32. The molecule has 0 saturated carbocycles. The summed E-state index contributed by atoms with van der Waals surface area (Å²) in [5.74, 6) is -0.660. The Morgan fingerprint density at radius 2 is 1.91 bits per heavy atom. The number of hydrogen-bond donors (Lipinski definition) is 1. The van der Waals surface area contributed by atoms with Gasteiger partial charge >= 0.3 is 5.97 Å². The standard InChI is InChI=1S/C7H11NO3/c1-5(7(10)11-3)4-8-6(2)9/h4H,1-3H3,(H,8,9)/b5-4+. The molecule has 4 heteroatoms. The topological polar surface area (TPSA) is 55.4 Å². The molecule has 4 nitrogen and oxygen atoms in total. The number of carbonyl (C=O) groups excluding carboxylic acids is 2. The number of methoxy groups -OCH3 is 1. The summed E-state index contributed by atoms with van der Waals surface area (Å²) in [5, 5.41) is 2.36. The molecule has 11 heavy (non-hydrogen) atoms. The molecule has 62 valence electrons. The van der Waals surface area contributed by atoms with E-state index in [1.54, 1.807) is 6.92 Å². The van der Waals surface area contributed by atoms with Crippen molar-refractivity contribution in [3.05, 3.63) is 11.8 Å². The third kappa shape index (κ3) is 4.13. The maximum atomic E-state index is 10.7. The molecule has 1 N–H and O–H groups in total. The smallest absolute Gasteiger partial charge is 0.334 e. The Morgan fingerprint density at radius 1 is 1.36 bits per heavy atom. The van der Waals surface area contributed by atoms with Crippen molar-refractivity contribution in [2.45, 2.75) is 13.8 Å². The molecule has 0 aromatic carbocycles. The molecule has 0 aromatic rings. The van der Waals surface area contributed by atoms with Crippen molar-refractivity contribution in [3.63, 3.8) is 0 Å². The number of nitrogens with one attached hydrogen (secondary N) is 1. The molecule has 0 aromatic heterocycles. The van der Waals surface area contributed by atoms with Gasteiger partial charge in [0.1, 0.15) is 0 Å². The fraction of sp³-hybridized carbons (Fsp3) is 0.429. The first-order valence-corrected chi connectivity index (χ1v) is 3.10. The summed E-state index contributed by atoms with van der Waals surface area (Å²) in [6, 6.07) is 0. The number of hydrogen-bond acceptors (Lipinski definition) is 3. The van der Waals surface area contributed by atoms with Gasteiger partial charge in [0.25, 0.3) is 0 Å². The maximum Gasteiger partial charge on any atom is 0.334 e. The Kier molecular flexibility index (Phi) is 3.95. The molecule has 0 radical (unpaired) electrons. The number of ether oxygens (including phenoxy) is 1. The van der Waals surface area contributed by atoms with E-state index in [-0.39, 0.29) is 5.91 Å². The lowest BCUT2D eigenvalue weighted by molar-refractivity contribution is -0.136. The summed E-state index contributed by atoms with van der Waals surface area (Å²) in [6.45, 7) is 2.92. The largest absolute Gasteiger partial charge is 0.466 e. The van der Waals surface area contributed by atoms with E-state index in [1.807, 2.05) is 0 Å². The third-order valence-electron chi connectivity index (χ3n) is 0.999. The minimum absolute atomic E-state index is 0.215. The van der Waals surface area contributed by atoms with Crippen molar-refractivity contribution in [2.24, 2.45) is 0 Å². The minimum Gasteiger partial charge on any atom is -0.466 e. The lowest BCUT2D eigenvalue weighted by atomic mass is 10.3. The Labute approximate surface area is 65.2 Å². The highest BCUT2D eigenvalue weighted by atomic mass is 16.5. The molecule has 1 amide bonds. The fourth-order valence-electron chi connectivity index (χ4n) is 0.430. The zero-order valence-corrected chi connectivity index (χ0v) is 6.80. The van der Waals surface area contributed by atoms with Gasteiger partial charge in [-0.2, -0.15) is 0 Å². The third-order valence-corrected chi connectivity index (χ3v) is 0.999. The summed E-state index contributed by atoms with van der Waals surface area (Å²) < 4.78 is 4.39. The Morgan fingerprint density at radius 3 is 2.27 bits per heavy atom. The molecule has 0 aliphatic heterocycles. The number of esters is 1. The average molecular weight is 157 g/mol. The van der Waals surface area contributed by atoms with Crippen molar-refractivity contribution >= 4 is 11.9 Å². The highest BCUT2D eigenvalue weighted by Gasteiger charge is 2.01. The molecule has 0 bridgehead atoms. The van der Waals surface area contributed by atoms with Gasteiger partial charge in [-0.25, -0.2) is 4.79 Å². The van der Waals surface area contributed by atoms with E-state index in [0.29, 0.717) is 5.57 Å². The molecule has 0 rings (SSSR count). The van der Waals surface area contributed by atoms with Crippen LogP contribution in [0.3, 0.4) is 0 Å². The number of rotatable bonds is 2. The minimum atomic E-state index is -0.446. The van der Waals surface area contributed by atoms with Gasteiger partial charge in [0.05, 0.1) is 12.7 Å². The molecule has 0 fully saturated rings. The average Bonchev–Trinajstić information content (AvgIpc) is 1.98. The van der Waals surface area contributed by atoms with Crippen LogP contribution in [0.5, 0.6) is 0 Å². The van der Waals surface area contributed by atoms with E-state index in [1.165, 1.54) is 20.2 Å². The molecule has 0 unspecified atom stereocenters. The predicted molar refractivity (Wildman–Crippen MR) is 39.6 cm³/mol. The lowest BCUT2D eigenvalue weighted by Gasteiger charge is -1.97. The second-order valence-electron chi connectivity index (χ2n) is 2.02. The summed E-state index contributed by atoms with van der Waals surface area (Å²) in [4.78, 5) is 21.0. The van der Waals surface area contributed by atoms with Gasteiger partial charge in [0.2, 0.25) is 5.91 Å². The molecular weight excluding hydrogens is 146 g/mol. The predicted octanol–water partition coefficient (Wildman–Crippen LogP) is 0.199. The summed E-state index contributed by atoms with van der Waals surface area (Å²) in [5.41, 5.74) is 0.364. The summed E-state index contributed by atoms with van der Waals surface area (Å²) in [7, 11) is 1.29. The second kappa shape index (κ2) is 4.49. The summed E-state index contributed by atoms with van der Waals surface area (Å²) in [6.07, 6.45) is 1.31. The van der Waals surface area contributed by atoms with E-state index < -0.39 is 5.97 Å². The Balaban J connectivity index is 4.00. The molecular formula is C7H11NO3. The van der Waals surface area contributed by atoms with Crippen molar-refractivity contribution in [1.82, 2.24) is 5.32 Å². The van der Waals surface area contributed by atoms with Gasteiger partial charge in [-0.1, -0.05) is 0 Å². The van der Waals surface area contributed by atoms with Crippen molar-refractivity contribution in [1.29, 1.82) is 0 Å². The van der Waals surface area contributed by atoms with Gasteiger partial charge < -0.3 is 10.1 Å². The molecule has 0 aliphatic carbocycles. The van der Waals surface area contributed by atoms with Gasteiger partial charge in [-0.3, -0.25) is 4.79 Å². The maximum absolute atomic E-state index is 10.7. The van der Waals surface area contributed by atoms with Crippen LogP contribution in [-0.4, -0.2) is 19.0 Å². The van der Waals surface area contributed by atoms with E-state index >= 15 is 0 Å². The van der Waals surface area contributed by atoms with Gasteiger partial charge in [-0.05, 0) is 6.92 Å². The first-order chi connectivity index (χ1) is 5.07. The highest BCUT2D eigenvalue weighted by molar-refractivity contribution is 5.88. The van der Waals surface area contributed by atoms with Gasteiger partial charge in [-0.15, -0.1) is 0 Å². The zero-order valence-electron chi connectivity index (χ0n) is 6.80. The van der Waals surface area contributed by atoms with Crippen LogP contribution in [0.1, 0.15) is 13.8 Å². The van der Waals surface area contributed by atoms with Crippen molar-refractivity contribution in [3.8, 4) is 0 Å². The van der Waals surface area contributed by atoms with Crippen LogP contribution < -0.4 is 5.32 Å². The summed E-state index contributed by atoms with van der Waals surface area (Å²) >= 11 is 0. The molecule has 0 saturated heterocycles. The number of amides is 1. The number of carbonyl (C=O) groups is 2. The van der Waals surface area contributed by atoms with Crippen LogP contribution in [0, 0.1) is 0 Å². The first kappa shape index (κ1) is 9.68. The van der Waals surface area contributed by atoms with Crippen LogP contribution in [0.15, 0.2) is 11.8 Å². The van der Waals surface area contributed by atoms with Gasteiger partial charge in [0, 0.05) is 13.1 Å². The van der Waals surface area contributed by atoms with E-state index in [9.17, 15) is 9.59 Å². The van der Waals surface area contributed by atoms with Crippen LogP contribution in [0.2, 0.25) is 0 Å². The van der Waals surface area contributed by atoms with Crippen LogP contribution in [0.4, 0.5) is 0 Å². The van der Waals surface area contributed by atoms with Gasteiger partial charge in [0.15, 0.2) is 0 Å². The van der Waals surface area contributed by atoms with E-state index in [2.05, 4.69) is 10.1 Å². The highest BCUT2D eigenvalue weighted by Crippen LogP contribution is 1.91. The fourth-order valence-corrected chi connectivity index (χ4v) is 0.430. The van der Waals surface area contributed by atoms with E-state index in [0.717, 1.165) is 0 Å². The first-order valence-electron chi connectivity index (χ1n) is 3.10. The van der Waals surface area contributed by atoms with Crippen molar-refractivity contribution in [2.75, 3.05) is 7.11 Å². The quantitative estimate of drug-likeness (QED) is 0.460. The zero-order chi connectivity index (χ0) is 8.85. The molecule has 0 heterocycles. The normalized spacial score (nSPS) is 10.6. The Bertz CT molecular complexity index is 196. The van der Waals surface area contributed by atoms with Crippen molar-refractivity contribution < 1.29 is 14.3 Å². The lowest BCUT2D eigenvalue weighted by Crippen LogP contribution is -2.14. The van der Waals surface area contributed by atoms with Crippen LogP contribution in [0.25, 0.3) is 0 Å². The van der Waals surface area contributed by atoms with E-state index in [4.69, 9.17) is 0 Å². The monoisotopic (exact) mass is 157 g/mol. The van der Waals surface area contributed by atoms with Crippen LogP contribution >= 0.6 is 0 Å². The molecule has 0 aliphatic rings. The molecule has 0 atom stereocenters. The van der Waals surface area contributed by atoms with Crippen LogP contribution in [-0.2, 0) is 14.3 Å².